The van der Waals surface area contributed by atoms with Gasteiger partial charge in [-0.3, -0.25) is 4.79 Å². The van der Waals surface area contributed by atoms with Crippen molar-refractivity contribution >= 4 is 16.8 Å². The van der Waals surface area contributed by atoms with Crippen LogP contribution in [0.15, 0.2) is 54.7 Å². The van der Waals surface area contributed by atoms with E-state index in [1.54, 1.807) is 41.1 Å². The highest BCUT2D eigenvalue weighted by Gasteiger charge is 2.31. The maximum atomic E-state index is 12.3. The lowest BCUT2D eigenvalue weighted by atomic mass is 10.1. The first-order valence-corrected chi connectivity index (χ1v) is 6.61. The number of nitrogens with two attached hydrogens (primary N) is 1. The van der Waals surface area contributed by atoms with Crippen LogP contribution in [0.1, 0.15) is 10.4 Å². The van der Waals surface area contributed by atoms with Crippen molar-refractivity contribution in [2.75, 3.05) is 0 Å². The Hall–Kier alpha value is -2.96. The first kappa shape index (κ1) is 15.0. The minimum absolute atomic E-state index is 0.317. The fourth-order valence-corrected chi connectivity index (χ4v) is 2.44. The molecule has 0 bridgehead atoms. The lowest BCUT2D eigenvalue weighted by molar-refractivity contribution is -0.274. The number of amides is 1. The molecule has 1 aromatic heterocycles. The van der Waals surface area contributed by atoms with Gasteiger partial charge >= 0.3 is 6.36 Å². The molecule has 3 rings (SSSR count). The van der Waals surface area contributed by atoms with Gasteiger partial charge in [0.1, 0.15) is 5.75 Å². The normalized spacial score (nSPS) is 11.6. The first-order chi connectivity index (χ1) is 10.8. The highest BCUT2D eigenvalue weighted by atomic mass is 19.4. The molecule has 0 saturated carbocycles. The smallest absolute Gasteiger partial charge is 0.406 e. The van der Waals surface area contributed by atoms with Crippen LogP contribution in [-0.2, 0) is 0 Å². The molecule has 1 heterocycles. The molecular formula is C16H11F3N2O2. The molecule has 0 radical (unpaired) electrons. The Balaban J connectivity index is 2.09. The monoisotopic (exact) mass is 320 g/mol. The number of fused-ring (bicyclic) bond motifs is 1. The van der Waals surface area contributed by atoms with Crippen molar-refractivity contribution in [2.24, 2.45) is 5.73 Å². The number of benzene rings is 2. The van der Waals surface area contributed by atoms with Crippen molar-refractivity contribution < 1.29 is 22.7 Å². The number of aromatic nitrogens is 1. The van der Waals surface area contributed by atoms with E-state index in [9.17, 15) is 18.0 Å². The third-order valence-electron chi connectivity index (χ3n) is 3.33. The summed E-state index contributed by atoms with van der Waals surface area (Å²) in [6.07, 6.45) is -3.10. The highest BCUT2D eigenvalue weighted by molar-refractivity contribution is 6.06. The van der Waals surface area contributed by atoms with Crippen molar-refractivity contribution in [1.29, 1.82) is 0 Å². The second kappa shape index (κ2) is 5.35. The maximum Gasteiger partial charge on any atom is 0.573 e. The Labute approximate surface area is 128 Å². The molecule has 2 N–H and O–H groups in total. The molecule has 3 aromatic rings. The minimum Gasteiger partial charge on any atom is -0.406 e. The van der Waals surface area contributed by atoms with E-state index in [0.29, 0.717) is 22.2 Å². The zero-order valence-corrected chi connectivity index (χ0v) is 11.7. The summed E-state index contributed by atoms with van der Waals surface area (Å²) in [5.74, 6) is -0.884. The van der Waals surface area contributed by atoms with Crippen LogP contribution < -0.4 is 10.5 Å². The SMILES string of the molecule is NC(=O)c1cccc2c1ccn2-c1cccc(OC(F)(F)F)c1. The van der Waals surface area contributed by atoms with Crippen LogP contribution in [0.2, 0.25) is 0 Å². The Kier molecular flexibility index (Phi) is 3.48. The molecule has 0 aliphatic heterocycles. The van der Waals surface area contributed by atoms with Gasteiger partial charge in [0.15, 0.2) is 0 Å². The Morgan fingerprint density at radius 2 is 1.83 bits per heavy atom. The highest BCUT2D eigenvalue weighted by Crippen LogP contribution is 2.28. The van der Waals surface area contributed by atoms with Gasteiger partial charge in [-0.25, -0.2) is 0 Å². The Morgan fingerprint density at radius 1 is 1.09 bits per heavy atom. The molecule has 0 aliphatic rings. The number of nitrogens with zero attached hydrogens (tertiary/aromatic N) is 1. The molecule has 118 valence electrons. The molecule has 0 fully saturated rings. The van der Waals surface area contributed by atoms with E-state index in [1.807, 2.05) is 0 Å². The number of hydrogen-bond acceptors (Lipinski definition) is 2. The summed E-state index contributed by atoms with van der Waals surface area (Å²) in [5, 5.41) is 0.627. The molecule has 0 saturated heterocycles. The number of rotatable bonds is 3. The second-order valence-electron chi connectivity index (χ2n) is 4.83. The second-order valence-corrected chi connectivity index (χ2v) is 4.83. The van der Waals surface area contributed by atoms with Crippen LogP contribution in [-0.4, -0.2) is 16.8 Å². The van der Waals surface area contributed by atoms with Gasteiger partial charge in [0.05, 0.1) is 5.52 Å². The van der Waals surface area contributed by atoms with Crippen molar-refractivity contribution in [3.05, 3.63) is 60.3 Å². The fourth-order valence-electron chi connectivity index (χ4n) is 2.44. The van der Waals surface area contributed by atoms with Crippen molar-refractivity contribution in [3.8, 4) is 11.4 Å². The van der Waals surface area contributed by atoms with Crippen molar-refractivity contribution in [2.45, 2.75) is 6.36 Å². The van der Waals surface area contributed by atoms with Crippen molar-refractivity contribution in [1.82, 2.24) is 4.57 Å². The van der Waals surface area contributed by atoms with Gasteiger partial charge in [-0.2, -0.15) is 0 Å². The average molecular weight is 320 g/mol. The van der Waals surface area contributed by atoms with Crippen molar-refractivity contribution in [3.63, 3.8) is 0 Å². The third-order valence-corrected chi connectivity index (χ3v) is 3.33. The van der Waals surface area contributed by atoms with E-state index in [4.69, 9.17) is 5.73 Å². The molecule has 2 aromatic carbocycles. The lowest BCUT2D eigenvalue weighted by Gasteiger charge is -2.11. The lowest BCUT2D eigenvalue weighted by Crippen LogP contribution is -2.17. The molecule has 0 unspecified atom stereocenters. The molecule has 0 aliphatic carbocycles. The standard InChI is InChI=1S/C16H11F3N2O2/c17-16(18,19)23-11-4-1-3-10(9-11)21-8-7-12-13(15(20)22)5-2-6-14(12)21/h1-9H,(H2,20,22). The predicted molar refractivity (Wildman–Crippen MR) is 78.5 cm³/mol. The topological polar surface area (TPSA) is 57.2 Å². The van der Waals surface area contributed by atoms with Crippen LogP contribution in [0.3, 0.4) is 0 Å². The quantitative estimate of drug-likeness (QED) is 0.801. The van der Waals surface area contributed by atoms with E-state index in [-0.39, 0.29) is 5.75 Å². The summed E-state index contributed by atoms with van der Waals surface area (Å²) < 4.78 is 42.6. The van der Waals surface area contributed by atoms with E-state index in [0.717, 1.165) is 0 Å². The number of halogens is 3. The summed E-state index contributed by atoms with van der Waals surface area (Å²) in [5.41, 5.74) is 6.81. The van der Waals surface area contributed by atoms with Gasteiger partial charge < -0.3 is 15.0 Å². The molecule has 0 spiro atoms. The van der Waals surface area contributed by atoms with E-state index in [2.05, 4.69) is 4.74 Å². The van der Waals surface area contributed by atoms with Crippen LogP contribution in [0, 0.1) is 0 Å². The van der Waals surface area contributed by atoms with Gasteiger partial charge in [0.2, 0.25) is 5.91 Å². The summed E-state index contributed by atoms with van der Waals surface area (Å²) >= 11 is 0. The molecule has 7 heteroatoms. The number of hydrogen-bond donors (Lipinski definition) is 1. The number of primary amides is 1. The van der Waals surface area contributed by atoms with E-state index >= 15 is 0 Å². The third kappa shape index (κ3) is 2.98. The molecule has 0 atom stereocenters. The largest absolute Gasteiger partial charge is 0.573 e. The Morgan fingerprint density at radius 3 is 2.52 bits per heavy atom. The van der Waals surface area contributed by atoms with Crippen LogP contribution in [0.25, 0.3) is 16.6 Å². The summed E-state index contributed by atoms with van der Waals surface area (Å²) in [4.78, 5) is 11.4. The van der Waals surface area contributed by atoms with Crippen LogP contribution in [0.5, 0.6) is 5.75 Å². The van der Waals surface area contributed by atoms with Crippen LogP contribution in [0.4, 0.5) is 13.2 Å². The molecule has 4 nitrogen and oxygen atoms in total. The fraction of sp³-hybridized carbons (Fsp3) is 0.0625. The van der Waals surface area contributed by atoms with Gasteiger partial charge in [-0.15, -0.1) is 13.2 Å². The molecule has 1 amide bonds. The molecule has 23 heavy (non-hydrogen) atoms. The maximum absolute atomic E-state index is 12.3. The number of carbonyl (C=O) groups excluding carboxylic acids is 1. The van der Waals surface area contributed by atoms with Gasteiger partial charge in [-0.05, 0) is 30.3 Å². The Bertz CT molecular complexity index is 884. The summed E-state index contributed by atoms with van der Waals surface area (Å²) in [6, 6.07) is 12.3. The van der Waals surface area contributed by atoms with E-state index < -0.39 is 12.3 Å². The average Bonchev–Trinajstić information content (AvgIpc) is 2.89. The summed E-state index contributed by atoms with van der Waals surface area (Å²) in [6.45, 7) is 0. The van der Waals surface area contributed by atoms with Gasteiger partial charge in [-0.1, -0.05) is 12.1 Å². The first-order valence-electron chi connectivity index (χ1n) is 6.61. The zero-order chi connectivity index (χ0) is 16.6. The van der Waals surface area contributed by atoms with Crippen LogP contribution >= 0.6 is 0 Å². The molecular weight excluding hydrogens is 309 g/mol. The van der Waals surface area contributed by atoms with Gasteiger partial charge in [0, 0.05) is 28.9 Å². The predicted octanol–water partition coefficient (Wildman–Crippen LogP) is 3.63. The minimum atomic E-state index is -4.75. The zero-order valence-electron chi connectivity index (χ0n) is 11.7. The number of alkyl halides is 3. The van der Waals surface area contributed by atoms with Gasteiger partial charge in [0.25, 0.3) is 0 Å². The summed E-state index contributed by atoms with van der Waals surface area (Å²) in [7, 11) is 0. The van der Waals surface area contributed by atoms with E-state index in [1.165, 1.54) is 18.2 Å². The number of carbonyl (C=O) groups is 1. The number of ether oxygens (including phenoxy) is 1.